The van der Waals surface area contributed by atoms with E-state index in [-0.39, 0.29) is 0 Å². The number of hydrogen-bond donors (Lipinski definition) is 2. The topological polar surface area (TPSA) is 74.3 Å². The Morgan fingerprint density at radius 1 is 1.26 bits per heavy atom. The number of aromatic nitrogens is 1. The Morgan fingerprint density at radius 2 is 2.04 bits per heavy atom. The average Bonchev–Trinajstić information content (AvgIpc) is 2.56. The van der Waals surface area contributed by atoms with Gasteiger partial charge in [0, 0.05) is 50.9 Å². The van der Waals surface area contributed by atoms with E-state index in [0.29, 0.717) is 16.8 Å². The van der Waals surface area contributed by atoms with Gasteiger partial charge >= 0.3 is 0 Å². The third-order valence-electron chi connectivity index (χ3n) is 4.15. The predicted octanol–water partition coefficient (Wildman–Crippen LogP) is 0.727. The minimum atomic E-state index is -3.54. The van der Waals surface area contributed by atoms with Crippen LogP contribution in [-0.2, 0) is 10.0 Å². The first-order valence-electron chi connectivity index (χ1n) is 7.85. The molecule has 0 amide bonds. The van der Waals surface area contributed by atoms with Crippen molar-refractivity contribution in [3.63, 3.8) is 0 Å². The van der Waals surface area contributed by atoms with E-state index in [0.717, 1.165) is 43.8 Å². The molecule has 0 saturated carbocycles. The quantitative estimate of drug-likeness (QED) is 0.843. The van der Waals surface area contributed by atoms with Crippen molar-refractivity contribution in [3.8, 4) is 0 Å². The molecule has 2 heterocycles. The zero-order valence-electron chi connectivity index (χ0n) is 13.2. The molecule has 124 valence electrons. The summed E-state index contributed by atoms with van der Waals surface area (Å²) >= 11 is 0. The molecule has 2 N–H and O–H groups in total. The van der Waals surface area contributed by atoms with Crippen LogP contribution in [0.5, 0.6) is 0 Å². The molecular weight excluding hydrogens is 312 g/mol. The van der Waals surface area contributed by atoms with Crippen LogP contribution in [0.3, 0.4) is 0 Å². The Labute approximate surface area is 137 Å². The van der Waals surface area contributed by atoms with Crippen molar-refractivity contribution in [1.29, 1.82) is 0 Å². The Bertz CT molecular complexity index is 786. The molecule has 0 bridgehead atoms. The van der Waals surface area contributed by atoms with E-state index in [9.17, 15) is 8.42 Å². The highest BCUT2D eigenvalue weighted by Crippen LogP contribution is 2.23. The van der Waals surface area contributed by atoms with E-state index >= 15 is 0 Å². The number of piperazine rings is 1. The molecule has 3 rings (SSSR count). The van der Waals surface area contributed by atoms with Gasteiger partial charge in [-0.25, -0.2) is 13.1 Å². The fraction of sp³-hybridized carbons (Fsp3) is 0.438. The first-order chi connectivity index (χ1) is 11.1. The predicted molar refractivity (Wildman–Crippen MR) is 91.0 cm³/mol. The SMILES string of the molecule is Cc1ccc(S(=O)(=O)NCCN2CCNCC2)c2cccnc12. The van der Waals surface area contributed by atoms with E-state index in [1.807, 2.05) is 6.92 Å². The Morgan fingerprint density at radius 3 is 2.83 bits per heavy atom. The zero-order valence-corrected chi connectivity index (χ0v) is 14.1. The summed E-state index contributed by atoms with van der Waals surface area (Å²) in [6, 6.07) is 7.04. The van der Waals surface area contributed by atoms with E-state index in [1.165, 1.54) is 0 Å². The van der Waals surface area contributed by atoms with Crippen molar-refractivity contribution < 1.29 is 8.42 Å². The highest BCUT2D eigenvalue weighted by Gasteiger charge is 2.18. The lowest BCUT2D eigenvalue weighted by atomic mass is 10.1. The molecule has 0 unspecified atom stereocenters. The van der Waals surface area contributed by atoms with Gasteiger partial charge in [0.05, 0.1) is 10.4 Å². The Kier molecular flexibility index (Phi) is 4.91. The summed E-state index contributed by atoms with van der Waals surface area (Å²) < 4.78 is 28.0. The van der Waals surface area contributed by atoms with Gasteiger partial charge < -0.3 is 5.32 Å². The number of aryl methyl sites for hydroxylation is 1. The molecule has 0 aliphatic carbocycles. The highest BCUT2D eigenvalue weighted by molar-refractivity contribution is 7.89. The largest absolute Gasteiger partial charge is 0.314 e. The maximum atomic E-state index is 12.6. The van der Waals surface area contributed by atoms with Gasteiger partial charge in [-0.1, -0.05) is 6.07 Å². The molecule has 1 aliphatic heterocycles. The number of rotatable bonds is 5. The van der Waals surface area contributed by atoms with Crippen LogP contribution in [0.15, 0.2) is 35.4 Å². The molecule has 0 spiro atoms. The molecule has 1 aromatic carbocycles. The number of sulfonamides is 1. The van der Waals surface area contributed by atoms with Gasteiger partial charge in [0.2, 0.25) is 10.0 Å². The fourth-order valence-corrected chi connectivity index (χ4v) is 4.09. The van der Waals surface area contributed by atoms with E-state index in [4.69, 9.17) is 0 Å². The van der Waals surface area contributed by atoms with Crippen LogP contribution in [0.25, 0.3) is 10.9 Å². The normalized spacial score (nSPS) is 16.7. The zero-order chi connectivity index (χ0) is 16.3. The van der Waals surface area contributed by atoms with E-state index in [1.54, 1.807) is 30.5 Å². The number of hydrogen-bond acceptors (Lipinski definition) is 5. The van der Waals surface area contributed by atoms with E-state index < -0.39 is 10.0 Å². The van der Waals surface area contributed by atoms with Crippen molar-refractivity contribution in [2.24, 2.45) is 0 Å². The van der Waals surface area contributed by atoms with Gasteiger partial charge in [0.25, 0.3) is 0 Å². The van der Waals surface area contributed by atoms with E-state index in [2.05, 4.69) is 19.9 Å². The summed E-state index contributed by atoms with van der Waals surface area (Å²) in [5.74, 6) is 0. The Hall–Kier alpha value is -1.54. The van der Waals surface area contributed by atoms with Crippen LogP contribution >= 0.6 is 0 Å². The van der Waals surface area contributed by atoms with Gasteiger partial charge in [-0.05, 0) is 30.7 Å². The minimum absolute atomic E-state index is 0.298. The lowest BCUT2D eigenvalue weighted by Crippen LogP contribution is -2.46. The second kappa shape index (κ2) is 6.92. The van der Waals surface area contributed by atoms with Crippen LogP contribution in [0, 0.1) is 6.92 Å². The summed E-state index contributed by atoms with van der Waals surface area (Å²) in [5.41, 5.74) is 1.71. The molecule has 0 atom stereocenters. The van der Waals surface area contributed by atoms with Crippen molar-refractivity contribution in [1.82, 2.24) is 19.9 Å². The molecule has 2 aromatic rings. The molecule has 1 aromatic heterocycles. The van der Waals surface area contributed by atoms with Gasteiger partial charge in [-0.2, -0.15) is 0 Å². The van der Waals surface area contributed by atoms with Crippen molar-refractivity contribution in [2.75, 3.05) is 39.3 Å². The molecular formula is C16H22N4O2S. The summed E-state index contributed by atoms with van der Waals surface area (Å²) in [7, 11) is -3.54. The second-order valence-electron chi connectivity index (χ2n) is 5.77. The van der Waals surface area contributed by atoms with Crippen LogP contribution in [0.1, 0.15) is 5.56 Å². The Balaban J connectivity index is 1.76. The molecule has 23 heavy (non-hydrogen) atoms. The number of fused-ring (bicyclic) bond motifs is 1. The molecule has 1 aliphatic rings. The molecule has 7 heteroatoms. The van der Waals surface area contributed by atoms with Crippen LogP contribution < -0.4 is 10.0 Å². The lowest BCUT2D eigenvalue weighted by Gasteiger charge is -2.27. The molecule has 0 radical (unpaired) electrons. The smallest absolute Gasteiger partial charge is 0.241 e. The maximum absolute atomic E-state index is 12.6. The lowest BCUT2D eigenvalue weighted by molar-refractivity contribution is 0.245. The number of benzene rings is 1. The van der Waals surface area contributed by atoms with Gasteiger partial charge in [-0.15, -0.1) is 0 Å². The second-order valence-corrected chi connectivity index (χ2v) is 7.50. The minimum Gasteiger partial charge on any atom is -0.314 e. The summed E-state index contributed by atoms with van der Waals surface area (Å²) in [6.07, 6.45) is 1.68. The summed E-state index contributed by atoms with van der Waals surface area (Å²) in [5, 5.41) is 3.95. The van der Waals surface area contributed by atoms with Gasteiger partial charge in [0.1, 0.15) is 0 Å². The third-order valence-corrected chi connectivity index (χ3v) is 5.67. The van der Waals surface area contributed by atoms with Gasteiger partial charge in [0.15, 0.2) is 0 Å². The maximum Gasteiger partial charge on any atom is 0.241 e. The van der Waals surface area contributed by atoms with Crippen molar-refractivity contribution in [3.05, 3.63) is 36.0 Å². The first kappa shape index (κ1) is 16.3. The molecule has 1 saturated heterocycles. The molecule has 6 nitrogen and oxygen atoms in total. The number of nitrogens with one attached hydrogen (secondary N) is 2. The fourth-order valence-electron chi connectivity index (χ4n) is 2.87. The van der Waals surface area contributed by atoms with Crippen LogP contribution in [0.4, 0.5) is 0 Å². The van der Waals surface area contributed by atoms with Crippen LogP contribution in [-0.4, -0.2) is 57.6 Å². The molecule has 1 fully saturated rings. The average molecular weight is 334 g/mol. The van der Waals surface area contributed by atoms with Gasteiger partial charge in [-0.3, -0.25) is 9.88 Å². The highest BCUT2D eigenvalue weighted by atomic mass is 32.2. The monoisotopic (exact) mass is 334 g/mol. The summed E-state index contributed by atoms with van der Waals surface area (Å²) in [6.45, 7) is 6.91. The first-order valence-corrected chi connectivity index (χ1v) is 9.33. The summed E-state index contributed by atoms with van der Waals surface area (Å²) in [4.78, 5) is 6.86. The number of pyridine rings is 1. The number of nitrogens with zero attached hydrogens (tertiary/aromatic N) is 2. The third kappa shape index (κ3) is 3.69. The standard InChI is InChI=1S/C16H22N4O2S/c1-13-4-5-15(14-3-2-6-18-16(13)14)23(21,22)19-9-12-20-10-7-17-8-11-20/h2-6,17,19H,7-12H2,1H3. The van der Waals surface area contributed by atoms with Crippen molar-refractivity contribution >= 4 is 20.9 Å². The van der Waals surface area contributed by atoms with Crippen LogP contribution in [0.2, 0.25) is 0 Å². The van der Waals surface area contributed by atoms with Crippen molar-refractivity contribution in [2.45, 2.75) is 11.8 Å².